The summed E-state index contributed by atoms with van der Waals surface area (Å²) in [7, 11) is 1.85. The molecule has 1 aliphatic heterocycles. The van der Waals surface area contributed by atoms with Crippen LogP contribution in [0.4, 0.5) is 0 Å². The van der Waals surface area contributed by atoms with Gasteiger partial charge in [-0.2, -0.15) is 0 Å². The molecule has 0 aromatic carbocycles. The Morgan fingerprint density at radius 3 is 2.87 bits per heavy atom. The van der Waals surface area contributed by atoms with Crippen molar-refractivity contribution < 1.29 is 4.74 Å². The van der Waals surface area contributed by atoms with E-state index in [1.165, 1.54) is 51.6 Å². The minimum absolute atomic E-state index is 0.459. The van der Waals surface area contributed by atoms with Gasteiger partial charge in [-0.25, -0.2) is 0 Å². The molecule has 0 radical (unpaired) electrons. The van der Waals surface area contributed by atoms with Crippen molar-refractivity contribution in [2.75, 3.05) is 20.2 Å². The summed E-state index contributed by atoms with van der Waals surface area (Å²) < 4.78 is 5.52. The molecule has 2 aliphatic rings. The maximum atomic E-state index is 5.52. The number of hydrogen-bond donors (Lipinski definition) is 2. The Bertz CT molecular complexity index is 178. The second-order valence-corrected chi connectivity index (χ2v) is 4.86. The maximum Gasteiger partial charge on any atom is 0.0724 e. The Hall–Kier alpha value is -0.120. The van der Waals surface area contributed by atoms with Crippen LogP contribution in [0, 0.1) is 0 Å². The molecule has 0 aromatic rings. The zero-order valence-corrected chi connectivity index (χ0v) is 9.80. The van der Waals surface area contributed by atoms with Crippen molar-refractivity contribution in [3.63, 3.8) is 0 Å². The first-order valence-corrected chi connectivity index (χ1v) is 6.39. The van der Waals surface area contributed by atoms with Crippen LogP contribution in [-0.2, 0) is 4.74 Å². The predicted molar refractivity (Wildman–Crippen MR) is 62.1 cm³/mol. The van der Waals surface area contributed by atoms with Crippen LogP contribution in [0.25, 0.3) is 0 Å². The standard InChI is InChI=1S/C12H24N2O/c1-15-12-6-2-5-11(12)14-10-4-3-8-13-9-7-10/h10-14H,2-9H2,1H3. The summed E-state index contributed by atoms with van der Waals surface area (Å²) in [5.74, 6) is 0. The van der Waals surface area contributed by atoms with E-state index in [-0.39, 0.29) is 0 Å². The van der Waals surface area contributed by atoms with Crippen molar-refractivity contribution in [2.24, 2.45) is 0 Å². The Kier molecular flexibility index (Phi) is 4.42. The lowest BCUT2D eigenvalue weighted by atomic mass is 10.1. The molecule has 3 unspecified atom stereocenters. The molecule has 3 heteroatoms. The quantitative estimate of drug-likeness (QED) is 0.739. The summed E-state index contributed by atoms with van der Waals surface area (Å²) in [4.78, 5) is 0. The molecule has 0 spiro atoms. The van der Waals surface area contributed by atoms with Crippen LogP contribution in [0.1, 0.15) is 38.5 Å². The van der Waals surface area contributed by atoms with Gasteiger partial charge in [0.25, 0.3) is 0 Å². The first kappa shape index (κ1) is 11.4. The lowest BCUT2D eigenvalue weighted by Gasteiger charge is -2.25. The lowest BCUT2D eigenvalue weighted by Crippen LogP contribution is -2.43. The number of methoxy groups -OCH3 is 1. The van der Waals surface area contributed by atoms with Crippen LogP contribution in [0.2, 0.25) is 0 Å². The number of hydrogen-bond acceptors (Lipinski definition) is 3. The van der Waals surface area contributed by atoms with Gasteiger partial charge < -0.3 is 15.4 Å². The second kappa shape index (κ2) is 5.83. The van der Waals surface area contributed by atoms with Crippen molar-refractivity contribution in [3.8, 4) is 0 Å². The molecule has 2 N–H and O–H groups in total. The number of ether oxygens (including phenoxy) is 1. The molecule has 0 aromatic heterocycles. The first-order chi connectivity index (χ1) is 7.40. The van der Waals surface area contributed by atoms with Crippen molar-refractivity contribution >= 4 is 0 Å². The third-order valence-electron chi connectivity index (χ3n) is 3.78. The molecule has 1 aliphatic carbocycles. The van der Waals surface area contributed by atoms with Crippen LogP contribution in [0.5, 0.6) is 0 Å². The van der Waals surface area contributed by atoms with Gasteiger partial charge in [0.2, 0.25) is 0 Å². The Labute approximate surface area is 93.0 Å². The highest BCUT2D eigenvalue weighted by molar-refractivity contribution is 4.87. The van der Waals surface area contributed by atoms with Crippen LogP contribution in [0.3, 0.4) is 0 Å². The molecule has 2 rings (SSSR count). The van der Waals surface area contributed by atoms with E-state index in [0.29, 0.717) is 18.2 Å². The molecular weight excluding hydrogens is 188 g/mol. The second-order valence-electron chi connectivity index (χ2n) is 4.86. The topological polar surface area (TPSA) is 33.3 Å². The molecule has 0 bridgehead atoms. The first-order valence-electron chi connectivity index (χ1n) is 6.39. The SMILES string of the molecule is COC1CCCC1NC1CCCNCC1. The van der Waals surface area contributed by atoms with E-state index in [0.717, 1.165) is 0 Å². The normalized spacial score (nSPS) is 37.8. The highest BCUT2D eigenvalue weighted by atomic mass is 16.5. The summed E-state index contributed by atoms with van der Waals surface area (Å²) in [5.41, 5.74) is 0. The zero-order valence-electron chi connectivity index (χ0n) is 9.80. The molecule has 3 nitrogen and oxygen atoms in total. The van der Waals surface area contributed by atoms with Crippen LogP contribution in [-0.4, -0.2) is 38.4 Å². The van der Waals surface area contributed by atoms with E-state index in [9.17, 15) is 0 Å². The van der Waals surface area contributed by atoms with Gasteiger partial charge in [-0.05, 0) is 51.6 Å². The van der Waals surface area contributed by atoms with E-state index >= 15 is 0 Å². The fourth-order valence-corrected chi connectivity index (χ4v) is 2.89. The van der Waals surface area contributed by atoms with Crippen molar-refractivity contribution in [1.29, 1.82) is 0 Å². The predicted octanol–water partition coefficient (Wildman–Crippen LogP) is 1.29. The van der Waals surface area contributed by atoms with Gasteiger partial charge in [0, 0.05) is 19.2 Å². The molecule has 88 valence electrons. The van der Waals surface area contributed by atoms with E-state index in [4.69, 9.17) is 4.74 Å². The minimum Gasteiger partial charge on any atom is -0.380 e. The van der Waals surface area contributed by atoms with Gasteiger partial charge in [0.1, 0.15) is 0 Å². The summed E-state index contributed by atoms with van der Waals surface area (Å²) in [6.07, 6.45) is 8.21. The Morgan fingerprint density at radius 2 is 2.00 bits per heavy atom. The minimum atomic E-state index is 0.459. The van der Waals surface area contributed by atoms with Crippen LogP contribution in [0.15, 0.2) is 0 Å². The van der Waals surface area contributed by atoms with E-state index < -0.39 is 0 Å². The summed E-state index contributed by atoms with van der Waals surface area (Å²) in [5, 5.41) is 7.25. The molecule has 1 heterocycles. The largest absolute Gasteiger partial charge is 0.380 e. The highest BCUT2D eigenvalue weighted by Gasteiger charge is 2.28. The van der Waals surface area contributed by atoms with Gasteiger partial charge >= 0.3 is 0 Å². The zero-order chi connectivity index (χ0) is 10.5. The molecule has 15 heavy (non-hydrogen) atoms. The van der Waals surface area contributed by atoms with Crippen molar-refractivity contribution in [2.45, 2.75) is 56.7 Å². The Morgan fingerprint density at radius 1 is 1.07 bits per heavy atom. The molecular formula is C12H24N2O. The highest BCUT2D eigenvalue weighted by Crippen LogP contribution is 2.23. The van der Waals surface area contributed by atoms with Gasteiger partial charge in [0.05, 0.1) is 6.10 Å². The van der Waals surface area contributed by atoms with E-state index in [1.807, 2.05) is 7.11 Å². The lowest BCUT2D eigenvalue weighted by molar-refractivity contribution is 0.0806. The summed E-state index contributed by atoms with van der Waals surface area (Å²) >= 11 is 0. The van der Waals surface area contributed by atoms with E-state index in [1.54, 1.807) is 0 Å². The monoisotopic (exact) mass is 212 g/mol. The van der Waals surface area contributed by atoms with Gasteiger partial charge in [0.15, 0.2) is 0 Å². The van der Waals surface area contributed by atoms with Crippen molar-refractivity contribution in [1.82, 2.24) is 10.6 Å². The van der Waals surface area contributed by atoms with Gasteiger partial charge in [-0.3, -0.25) is 0 Å². The average Bonchev–Trinajstić information content (AvgIpc) is 2.53. The molecule has 0 amide bonds. The summed E-state index contributed by atoms with van der Waals surface area (Å²) in [6, 6.07) is 1.32. The number of rotatable bonds is 3. The van der Waals surface area contributed by atoms with Gasteiger partial charge in [-0.15, -0.1) is 0 Å². The van der Waals surface area contributed by atoms with Crippen molar-refractivity contribution in [3.05, 3.63) is 0 Å². The third-order valence-corrected chi connectivity index (χ3v) is 3.78. The average molecular weight is 212 g/mol. The molecule has 3 atom stereocenters. The Balaban J connectivity index is 1.78. The van der Waals surface area contributed by atoms with Crippen LogP contribution >= 0.6 is 0 Å². The fourth-order valence-electron chi connectivity index (χ4n) is 2.89. The molecule has 1 saturated carbocycles. The van der Waals surface area contributed by atoms with E-state index in [2.05, 4.69) is 10.6 Å². The third kappa shape index (κ3) is 3.16. The number of nitrogens with one attached hydrogen (secondary N) is 2. The maximum absolute atomic E-state index is 5.52. The molecule has 1 saturated heterocycles. The molecule has 2 fully saturated rings. The smallest absolute Gasteiger partial charge is 0.0724 e. The van der Waals surface area contributed by atoms with Gasteiger partial charge in [-0.1, -0.05) is 0 Å². The van der Waals surface area contributed by atoms with Crippen LogP contribution < -0.4 is 10.6 Å². The summed E-state index contributed by atoms with van der Waals surface area (Å²) in [6.45, 7) is 2.36. The fraction of sp³-hybridized carbons (Fsp3) is 1.00.